The van der Waals surface area contributed by atoms with Gasteiger partial charge in [-0.25, -0.2) is 9.97 Å². The van der Waals surface area contributed by atoms with E-state index in [0.717, 1.165) is 18.5 Å². The number of carbonyl (C=O) groups is 1. The predicted molar refractivity (Wildman–Crippen MR) is 113 cm³/mol. The van der Waals surface area contributed by atoms with Gasteiger partial charge < -0.3 is 10.1 Å². The molecule has 33 heavy (non-hydrogen) atoms. The first-order valence-electron chi connectivity index (χ1n) is 8.93. The lowest BCUT2D eigenvalue weighted by molar-refractivity contribution is -0.383. The van der Waals surface area contributed by atoms with E-state index in [9.17, 15) is 28.1 Å². The van der Waals surface area contributed by atoms with Gasteiger partial charge in [0.2, 0.25) is 11.6 Å². The highest BCUT2D eigenvalue weighted by Crippen LogP contribution is 2.37. The zero-order valence-corrected chi connectivity index (χ0v) is 17.4. The van der Waals surface area contributed by atoms with Crippen LogP contribution >= 0.6 is 11.6 Å². The fourth-order valence-corrected chi connectivity index (χ4v) is 2.75. The van der Waals surface area contributed by atoms with E-state index in [1.165, 1.54) is 19.2 Å². The summed E-state index contributed by atoms with van der Waals surface area (Å²) in [5, 5.41) is 13.9. The number of halogens is 4. The summed E-state index contributed by atoms with van der Waals surface area (Å²) in [6.45, 7) is 0. The molecule has 0 fully saturated rings. The van der Waals surface area contributed by atoms with Crippen LogP contribution in [-0.2, 0) is 6.18 Å². The molecule has 0 spiro atoms. The van der Waals surface area contributed by atoms with Crippen LogP contribution in [0.2, 0.25) is 5.02 Å². The largest absolute Gasteiger partial charge is 0.497 e. The van der Waals surface area contributed by atoms with Gasteiger partial charge in [0.05, 0.1) is 28.3 Å². The highest BCUT2D eigenvalue weighted by atomic mass is 35.5. The number of nitrogens with one attached hydrogen (secondary N) is 3. The van der Waals surface area contributed by atoms with E-state index in [-0.39, 0.29) is 16.3 Å². The zero-order chi connectivity index (χ0) is 24.2. The maximum Gasteiger partial charge on any atom is 0.416 e. The molecule has 0 unspecified atom stereocenters. The number of anilines is 3. The third-order valence-corrected chi connectivity index (χ3v) is 4.53. The number of hydrazine groups is 1. The molecule has 10 nitrogen and oxygen atoms in total. The van der Waals surface area contributed by atoms with Crippen molar-refractivity contribution in [2.75, 3.05) is 17.9 Å². The number of aromatic nitrogens is 2. The summed E-state index contributed by atoms with van der Waals surface area (Å²) in [4.78, 5) is 30.5. The Morgan fingerprint density at radius 2 is 1.79 bits per heavy atom. The van der Waals surface area contributed by atoms with E-state index >= 15 is 0 Å². The van der Waals surface area contributed by atoms with Crippen LogP contribution < -0.4 is 20.9 Å². The Bertz CT molecular complexity index is 1190. The molecule has 3 N–H and O–H groups in total. The van der Waals surface area contributed by atoms with Gasteiger partial charge in [-0.2, -0.15) is 13.2 Å². The van der Waals surface area contributed by atoms with Gasteiger partial charge in [0, 0.05) is 5.56 Å². The number of nitrogens with zero attached hydrogens (tertiary/aromatic N) is 3. The smallest absolute Gasteiger partial charge is 0.416 e. The molecule has 0 atom stereocenters. The summed E-state index contributed by atoms with van der Waals surface area (Å²) in [7, 11) is 1.46. The van der Waals surface area contributed by atoms with Crippen LogP contribution in [0.1, 0.15) is 15.9 Å². The molecule has 1 heterocycles. The number of alkyl halides is 3. The van der Waals surface area contributed by atoms with Gasteiger partial charge in [-0.3, -0.25) is 25.8 Å². The Hall–Kier alpha value is -4.13. The molecule has 0 saturated carbocycles. The number of ether oxygens (including phenoxy) is 1. The number of hydrogen-bond donors (Lipinski definition) is 3. The van der Waals surface area contributed by atoms with E-state index in [4.69, 9.17) is 16.3 Å². The van der Waals surface area contributed by atoms with Gasteiger partial charge in [0.15, 0.2) is 0 Å². The zero-order valence-electron chi connectivity index (χ0n) is 16.6. The molecule has 14 heteroatoms. The average Bonchev–Trinajstić information content (AvgIpc) is 2.78. The molecule has 3 aromatic rings. The third-order valence-electron chi connectivity index (χ3n) is 4.20. The van der Waals surface area contributed by atoms with Crippen molar-refractivity contribution >= 4 is 40.5 Å². The van der Waals surface area contributed by atoms with Gasteiger partial charge in [0.1, 0.15) is 12.1 Å². The van der Waals surface area contributed by atoms with Gasteiger partial charge in [-0.1, -0.05) is 11.6 Å². The lowest BCUT2D eigenvalue weighted by Gasteiger charge is -2.13. The number of rotatable bonds is 7. The molecule has 1 aromatic heterocycles. The van der Waals surface area contributed by atoms with E-state index in [1.807, 2.05) is 0 Å². The first-order valence-corrected chi connectivity index (χ1v) is 9.31. The minimum atomic E-state index is -4.66. The highest BCUT2D eigenvalue weighted by Gasteiger charge is 2.31. The Labute approximate surface area is 188 Å². The monoisotopic (exact) mass is 482 g/mol. The predicted octanol–water partition coefficient (Wildman–Crippen LogP) is 4.57. The molecular formula is C19H14ClF3N6O4. The molecule has 3 rings (SSSR count). The topological polar surface area (TPSA) is 131 Å². The number of nitro groups is 1. The van der Waals surface area contributed by atoms with Gasteiger partial charge in [-0.05, 0) is 42.5 Å². The standard InChI is InChI=1S/C19H14ClF3N6O4/c1-33-12-5-2-10(3-6-12)18(30)28-27-17-15(29(31)32)16(24-9-25-17)26-14-8-11(19(21,22)23)4-7-13(14)20/h2-9H,1H3,(H,28,30)(H2,24,25,26,27). The number of carbonyl (C=O) groups excluding carboxylic acids is 1. The SMILES string of the molecule is COc1ccc(C(=O)NNc2ncnc(Nc3cc(C(F)(F)F)ccc3Cl)c2[N+](=O)[O-])cc1. The molecule has 0 aliphatic carbocycles. The first kappa shape index (κ1) is 23.5. The number of hydrogen-bond acceptors (Lipinski definition) is 8. The maximum absolute atomic E-state index is 13.0. The molecular weight excluding hydrogens is 469 g/mol. The minimum Gasteiger partial charge on any atom is -0.497 e. The maximum atomic E-state index is 13.0. The minimum absolute atomic E-state index is 0.127. The summed E-state index contributed by atoms with van der Waals surface area (Å²) in [6, 6.07) is 8.47. The lowest BCUT2D eigenvalue weighted by Crippen LogP contribution is -2.30. The summed E-state index contributed by atoms with van der Waals surface area (Å²) in [6.07, 6.45) is -3.74. The summed E-state index contributed by atoms with van der Waals surface area (Å²) >= 11 is 5.94. The van der Waals surface area contributed by atoms with Crippen molar-refractivity contribution in [1.82, 2.24) is 15.4 Å². The molecule has 1 amide bonds. The van der Waals surface area contributed by atoms with Crippen LogP contribution in [0, 0.1) is 10.1 Å². The lowest BCUT2D eigenvalue weighted by atomic mass is 10.2. The molecule has 0 aliphatic rings. The van der Waals surface area contributed by atoms with Crippen molar-refractivity contribution in [3.05, 3.63) is 75.1 Å². The van der Waals surface area contributed by atoms with Crippen LogP contribution in [0.15, 0.2) is 48.8 Å². The Balaban J connectivity index is 1.86. The average molecular weight is 483 g/mol. The van der Waals surface area contributed by atoms with Gasteiger partial charge in [0.25, 0.3) is 5.91 Å². The quantitative estimate of drug-likeness (QED) is 0.330. The van der Waals surface area contributed by atoms with Crippen molar-refractivity contribution in [3.63, 3.8) is 0 Å². The molecule has 2 aromatic carbocycles. The molecule has 0 aliphatic heterocycles. The van der Waals surface area contributed by atoms with Crippen LogP contribution in [0.5, 0.6) is 5.75 Å². The number of amides is 1. The highest BCUT2D eigenvalue weighted by molar-refractivity contribution is 6.33. The van der Waals surface area contributed by atoms with Gasteiger partial charge >= 0.3 is 11.9 Å². The van der Waals surface area contributed by atoms with Gasteiger partial charge in [-0.15, -0.1) is 0 Å². The van der Waals surface area contributed by atoms with Crippen LogP contribution in [-0.4, -0.2) is 27.9 Å². The van der Waals surface area contributed by atoms with Crippen molar-refractivity contribution in [2.24, 2.45) is 0 Å². The van der Waals surface area contributed by atoms with E-state index in [1.54, 1.807) is 12.1 Å². The van der Waals surface area contributed by atoms with Crippen LogP contribution in [0.4, 0.5) is 36.2 Å². The number of benzene rings is 2. The second-order valence-electron chi connectivity index (χ2n) is 6.30. The number of methoxy groups -OCH3 is 1. The van der Waals surface area contributed by atoms with Crippen LogP contribution in [0.3, 0.4) is 0 Å². The normalized spacial score (nSPS) is 10.9. The molecule has 0 radical (unpaired) electrons. The first-order chi connectivity index (χ1) is 15.6. The summed E-state index contributed by atoms with van der Waals surface area (Å²) < 4.78 is 44.0. The molecule has 172 valence electrons. The summed E-state index contributed by atoms with van der Waals surface area (Å²) in [5.41, 5.74) is 2.78. The van der Waals surface area contributed by atoms with Crippen molar-refractivity contribution in [1.29, 1.82) is 0 Å². The van der Waals surface area contributed by atoms with E-state index < -0.39 is 39.9 Å². The van der Waals surface area contributed by atoms with Crippen molar-refractivity contribution in [3.8, 4) is 5.75 Å². The second kappa shape index (κ2) is 9.56. The molecule has 0 bridgehead atoms. The Morgan fingerprint density at radius 3 is 2.39 bits per heavy atom. The third kappa shape index (κ3) is 5.57. The summed E-state index contributed by atoms with van der Waals surface area (Å²) in [5.74, 6) is -0.976. The van der Waals surface area contributed by atoms with Crippen molar-refractivity contribution in [2.45, 2.75) is 6.18 Å². The van der Waals surface area contributed by atoms with Crippen LogP contribution in [0.25, 0.3) is 0 Å². The van der Waals surface area contributed by atoms with Crippen molar-refractivity contribution < 1.29 is 27.6 Å². The fourth-order valence-electron chi connectivity index (χ4n) is 2.59. The Kier molecular flexibility index (Phi) is 6.82. The van der Waals surface area contributed by atoms with E-state index in [2.05, 4.69) is 26.1 Å². The van der Waals surface area contributed by atoms with E-state index in [0.29, 0.717) is 11.8 Å². The Morgan fingerprint density at radius 1 is 1.12 bits per heavy atom. The fraction of sp³-hybridized carbons (Fsp3) is 0.105. The molecule has 0 saturated heterocycles. The second-order valence-corrected chi connectivity index (χ2v) is 6.71.